The van der Waals surface area contributed by atoms with Crippen LogP contribution in [0, 0.1) is 0 Å². The second kappa shape index (κ2) is 8.64. The molecule has 0 aliphatic rings. The number of benzene rings is 1. The van der Waals surface area contributed by atoms with Crippen molar-refractivity contribution >= 4 is 12.0 Å². The average Bonchev–Trinajstić information content (AvgIpc) is 2.31. The van der Waals surface area contributed by atoms with E-state index in [0.29, 0.717) is 5.56 Å². The Bertz CT molecular complexity index is 447. The topological polar surface area (TPSA) is 66.8 Å². The van der Waals surface area contributed by atoms with Gasteiger partial charge in [-0.2, -0.15) is 0 Å². The van der Waals surface area contributed by atoms with Gasteiger partial charge in [0.15, 0.2) is 11.5 Å². The highest BCUT2D eigenvalue weighted by Gasteiger charge is 2.01. The van der Waals surface area contributed by atoms with Gasteiger partial charge in [-0.05, 0) is 30.7 Å². The van der Waals surface area contributed by atoms with E-state index in [-0.39, 0.29) is 11.5 Å². The van der Waals surface area contributed by atoms with E-state index in [1.165, 1.54) is 24.5 Å². The van der Waals surface area contributed by atoms with Crippen molar-refractivity contribution in [1.29, 1.82) is 0 Å². The molecule has 0 saturated heterocycles. The lowest BCUT2D eigenvalue weighted by molar-refractivity contribution is -0.131. The fourth-order valence-corrected chi connectivity index (χ4v) is 0.986. The van der Waals surface area contributed by atoms with Crippen LogP contribution in [-0.2, 0) is 4.79 Å². The molecule has 0 bridgehead atoms. The Morgan fingerprint density at radius 1 is 1.39 bits per heavy atom. The minimum atomic E-state index is -1.03. The predicted octanol–water partition coefficient (Wildman–Crippen LogP) is 3.20. The largest absolute Gasteiger partial charge is 0.504 e. The number of hydrogen-bond acceptors (Lipinski definition) is 3. The number of aliphatic carboxylic acids is 1. The Morgan fingerprint density at radius 2 is 2.00 bits per heavy atom. The first kappa shape index (κ1) is 15.5. The maximum absolute atomic E-state index is 10.3. The third-order valence-electron chi connectivity index (χ3n) is 1.61. The molecule has 0 fully saturated rings. The first-order valence-corrected chi connectivity index (χ1v) is 5.13. The van der Waals surface area contributed by atoms with Crippen molar-refractivity contribution in [3.63, 3.8) is 0 Å². The predicted molar refractivity (Wildman–Crippen MR) is 71.5 cm³/mol. The van der Waals surface area contributed by atoms with Crippen molar-refractivity contribution < 1.29 is 19.7 Å². The Kier molecular flexibility index (Phi) is 7.44. The van der Waals surface area contributed by atoms with Crippen molar-refractivity contribution in [2.24, 2.45) is 0 Å². The molecule has 0 saturated carbocycles. The van der Waals surface area contributed by atoms with Crippen LogP contribution in [0.15, 0.2) is 49.8 Å². The molecule has 0 spiro atoms. The third-order valence-corrected chi connectivity index (χ3v) is 1.61. The number of carbonyl (C=O) groups is 1. The molecule has 0 aliphatic heterocycles. The quantitative estimate of drug-likeness (QED) is 0.488. The van der Waals surface area contributed by atoms with E-state index < -0.39 is 5.97 Å². The molecule has 0 aromatic heterocycles. The van der Waals surface area contributed by atoms with Crippen molar-refractivity contribution in [1.82, 2.24) is 0 Å². The first-order valence-electron chi connectivity index (χ1n) is 5.13. The molecule has 18 heavy (non-hydrogen) atoms. The first-order chi connectivity index (χ1) is 8.54. The van der Waals surface area contributed by atoms with E-state index in [4.69, 9.17) is 9.84 Å². The lowest BCUT2D eigenvalue weighted by atomic mass is 10.2. The Balaban J connectivity index is 0.000000873. The lowest BCUT2D eigenvalue weighted by Gasteiger charge is -2.03. The summed E-state index contributed by atoms with van der Waals surface area (Å²) in [7, 11) is 0. The van der Waals surface area contributed by atoms with Crippen LogP contribution in [0.25, 0.3) is 6.08 Å². The highest BCUT2D eigenvalue weighted by Crippen LogP contribution is 2.27. The highest BCUT2D eigenvalue weighted by atomic mass is 16.5. The summed E-state index contributed by atoms with van der Waals surface area (Å²) in [6.45, 7) is 8.61. The summed E-state index contributed by atoms with van der Waals surface area (Å²) in [6, 6.07) is 4.50. The molecule has 1 aromatic rings. The van der Waals surface area contributed by atoms with Crippen LogP contribution in [0.5, 0.6) is 11.5 Å². The summed E-state index contributed by atoms with van der Waals surface area (Å²) < 4.78 is 4.92. The highest BCUT2D eigenvalue weighted by molar-refractivity contribution is 5.85. The van der Waals surface area contributed by atoms with Gasteiger partial charge in [0.05, 0.1) is 6.26 Å². The molecule has 0 heterocycles. The summed E-state index contributed by atoms with van der Waals surface area (Å²) in [5, 5.41) is 17.7. The van der Waals surface area contributed by atoms with Gasteiger partial charge in [-0.25, -0.2) is 4.79 Å². The molecular weight excluding hydrogens is 232 g/mol. The number of rotatable bonds is 4. The minimum absolute atomic E-state index is 0.0256. The monoisotopic (exact) mass is 248 g/mol. The summed E-state index contributed by atoms with van der Waals surface area (Å²) in [5.74, 6) is -0.825. The van der Waals surface area contributed by atoms with E-state index in [0.717, 1.165) is 6.08 Å². The molecule has 96 valence electrons. The van der Waals surface area contributed by atoms with Gasteiger partial charge in [-0.15, -0.1) is 6.58 Å². The third kappa shape index (κ3) is 6.17. The van der Waals surface area contributed by atoms with Crippen LogP contribution in [0.4, 0.5) is 0 Å². The van der Waals surface area contributed by atoms with Gasteiger partial charge in [-0.1, -0.05) is 18.7 Å². The van der Waals surface area contributed by atoms with Crippen LogP contribution in [0.3, 0.4) is 0 Å². The van der Waals surface area contributed by atoms with Gasteiger partial charge >= 0.3 is 5.97 Å². The van der Waals surface area contributed by atoms with Crippen LogP contribution < -0.4 is 4.74 Å². The Labute approximate surface area is 106 Å². The van der Waals surface area contributed by atoms with Crippen LogP contribution >= 0.6 is 0 Å². The summed E-state index contributed by atoms with van der Waals surface area (Å²) in [5.41, 5.74) is 0.618. The molecule has 0 atom stereocenters. The number of hydrogen-bond donors (Lipinski definition) is 2. The minimum Gasteiger partial charge on any atom is -0.504 e. The molecule has 0 aliphatic carbocycles. The van der Waals surface area contributed by atoms with E-state index >= 15 is 0 Å². The van der Waals surface area contributed by atoms with Gasteiger partial charge < -0.3 is 14.9 Å². The maximum Gasteiger partial charge on any atom is 0.328 e. The molecule has 4 nitrogen and oxygen atoms in total. The van der Waals surface area contributed by atoms with Crippen molar-refractivity contribution in [3.8, 4) is 11.5 Å². The van der Waals surface area contributed by atoms with Crippen molar-refractivity contribution in [2.75, 3.05) is 0 Å². The second-order valence-electron chi connectivity index (χ2n) is 3.09. The molecule has 0 unspecified atom stereocenters. The number of phenolic OH excluding ortho intramolecular Hbond substituents is 1. The summed E-state index contributed by atoms with van der Waals surface area (Å²) in [4.78, 5) is 10.3. The number of allylic oxidation sites excluding steroid dienone is 1. The van der Waals surface area contributed by atoms with Gasteiger partial charge in [0.2, 0.25) is 0 Å². The van der Waals surface area contributed by atoms with Gasteiger partial charge in [-0.3, -0.25) is 0 Å². The van der Waals surface area contributed by atoms with Crippen LogP contribution in [0.1, 0.15) is 12.5 Å². The Morgan fingerprint density at radius 3 is 2.50 bits per heavy atom. The molecule has 0 amide bonds. The van der Waals surface area contributed by atoms with E-state index in [9.17, 15) is 9.90 Å². The molecule has 0 radical (unpaired) electrons. The molecular formula is C14H16O4. The smallest absolute Gasteiger partial charge is 0.328 e. The van der Waals surface area contributed by atoms with Crippen molar-refractivity contribution in [3.05, 3.63) is 55.3 Å². The zero-order valence-corrected chi connectivity index (χ0v) is 10.2. The average molecular weight is 248 g/mol. The van der Waals surface area contributed by atoms with Gasteiger partial charge in [0, 0.05) is 6.08 Å². The van der Waals surface area contributed by atoms with Crippen LogP contribution in [-0.4, -0.2) is 16.2 Å². The molecule has 1 rings (SSSR count). The van der Waals surface area contributed by atoms with E-state index in [1.807, 2.05) is 6.92 Å². The number of carboxylic acid groups (broad SMARTS) is 1. The SMILES string of the molecule is C=CC.C=COc1cc(/C=C/C(=O)O)ccc1O. The van der Waals surface area contributed by atoms with Gasteiger partial charge in [0.1, 0.15) is 0 Å². The zero-order chi connectivity index (χ0) is 14.0. The zero-order valence-electron chi connectivity index (χ0n) is 10.2. The fraction of sp³-hybridized carbons (Fsp3) is 0.0714. The molecule has 4 heteroatoms. The summed E-state index contributed by atoms with van der Waals surface area (Å²) >= 11 is 0. The van der Waals surface area contributed by atoms with E-state index in [2.05, 4.69) is 13.2 Å². The normalized spacial score (nSPS) is 9.17. The van der Waals surface area contributed by atoms with Gasteiger partial charge in [0.25, 0.3) is 0 Å². The molecule has 1 aromatic carbocycles. The summed E-state index contributed by atoms with van der Waals surface area (Å²) in [6.07, 6.45) is 5.33. The standard InChI is InChI=1S/C11H10O4.C3H6/c1-2-15-10-7-8(3-5-9(10)12)4-6-11(13)14;1-3-2/h2-7,12H,1H2,(H,13,14);3H,1H2,2H3/b6-4+;. The maximum atomic E-state index is 10.3. The van der Waals surface area contributed by atoms with E-state index in [1.54, 1.807) is 12.1 Å². The van der Waals surface area contributed by atoms with Crippen molar-refractivity contribution in [2.45, 2.75) is 6.92 Å². The number of phenols is 1. The second-order valence-corrected chi connectivity index (χ2v) is 3.09. The number of ether oxygens (including phenoxy) is 1. The number of aromatic hydroxyl groups is 1. The fourth-order valence-electron chi connectivity index (χ4n) is 0.986. The Hall–Kier alpha value is -2.49. The number of carboxylic acids is 1. The van der Waals surface area contributed by atoms with Crippen LogP contribution in [0.2, 0.25) is 0 Å². The molecule has 2 N–H and O–H groups in total. The lowest BCUT2D eigenvalue weighted by Crippen LogP contribution is -1.86.